The highest BCUT2D eigenvalue weighted by Crippen LogP contribution is 2.25. The van der Waals surface area contributed by atoms with Crippen LogP contribution in [0.15, 0.2) is 0 Å². The van der Waals surface area contributed by atoms with E-state index < -0.39 is 0 Å². The molecule has 0 rings (SSSR count). The van der Waals surface area contributed by atoms with Gasteiger partial charge in [-0.1, -0.05) is 118 Å². The molecule has 0 radical (unpaired) electrons. The van der Waals surface area contributed by atoms with Crippen molar-refractivity contribution in [3.63, 3.8) is 0 Å². The lowest BCUT2D eigenvalue weighted by molar-refractivity contribution is -0.147. The molecule has 0 amide bonds. The first-order valence-electron chi connectivity index (χ1n) is 12.7. The fourth-order valence-electron chi connectivity index (χ4n) is 3.70. The molecule has 0 saturated carbocycles. The van der Waals surface area contributed by atoms with E-state index in [2.05, 4.69) is 20.8 Å². The van der Waals surface area contributed by atoms with E-state index in [0.717, 1.165) is 18.3 Å². The van der Waals surface area contributed by atoms with Gasteiger partial charge in [0.1, 0.15) is 0 Å². The maximum Gasteiger partial charge on any atom is 0.306 e. The number of unbranched alkanes of at least 4 members (excludes halogenated alkanes) is 10. The average Bonchev–Trinajstić information content (AvgIpc) is 2.65. The zero-order valence-corrected chi connectivity index (χ0v) is 20.7. The first kappa shape index (κ1) is 29.7. The van der Waals surface area contributed by atoms with Crippen molar-refractivity contribution in [3.8, 4) is 0 Å². The van der Waals surface area contributed by atoms with Gasteiger partial charge in [0.05, 0.1) is 6.10 Å². The molecule has 0 aliphatic carbocycles. The third kappa shape index (κ3) is 21.8. The molecule has 1 unspecified atom stereocenters. The maximum absolute atomic E-state index is 11.5. The molecule has 28 heavy (non-hydrogen) atoms. The second-order valence-corrected chi connectivity index (χ2v) is 8.76. The van der Waals surface area contributed by atoms with Gasteiger partial charge in [0.2, 0.25) is 0 Å². The number of carbonyl (C=O) groups excluding carboxylic acids is 1. The molecule has 0 aromatic carbocycles. The molecule has 170 valence electrons. The highest BCUT2D eigenvalue weighted by atomic mass is 16.5. The molecule has 0 fully saturated rings. The van der Waals surface area contributed by atoms with Crippen LogP contribution in [-0.4, -0.2) is 12.1 Å². The first-order chi connectivity index (χ1) is 13.5. The Bertz CT molecular complexity index is 310. The standard InChI is InChI=1S/C24H48O2.C2H6/c1-6-7-8-9-12-15-18-23(21(2)3)19-16-13-10-11-14-17-20-24(25)26-22(4)5;1-2/h21-23H,6-20H2,1-5H3;1-2H3. The summed E-state index contributed by atoms with van der Waals surface area (Å²) in [6.45, 7) is 14.9. The van der Waals surface area contributed by atoms with Crippen molar-refractivity contribution in [1.29, 1.82) is 0 Å². The molecule has 0 aromatic heterocycles. The van der Waals surface area contributed by atoms with Gasteiger partial charge in [-0.05, 0) is 32.1 Å². The molecule has 0 saturated heterocycles. The fourth-order valence-corrected chi connectivity index (χ4v) is 3.70. The third-order valence-corrected chi connectivity index (χ3v) is 5.44. The van der Waals surface area contributed by atoms with Crippen LogP contribution in [0.3, 0.4) is 0 Å². The maximum atomic E-state index is 11.5. The molecular weight excluding hydrogens is 344 g/mol. The molecule has 0 heterocycles. The summed E-state index contributed by atoms with van der Waals surface area (Å²) < 4.78 is 5.16. The van der Waals surface area contributed by atoms with Crippen molar-refractivity contribution in [3.05, 3.63) is 0 Å². The minimum Gasteiger partial charge on any atom is -0.463 e. The Morgan fingerprint density at radius 3 is 1.54 bits per heavy atom. The van der Waals surface area contributed by atoms with Crippen LogP contribution in [0.1, 0.15) is 145 Å². The minimum absolute atomic E-state index is 0.0211. The van der Waals surface area contributed by atoms with Crippen LogP contribution >= 0.6 is 0 Å². The number of esters is 1. The highest BCUT2D eigenvalue weighted by molar-refractivity contribution is 5.69. The van der Waals surface area contributed by atoms with Gasteiger partial charge in [-0.25, -0.2) is 0 Å². The third-order valence-electron chi connectivity index (χ3n) is 5.44. The van der Waals surface area contributed by atoms with Crippen molar-refractivity contribution in [2.45, 2.75) is 151 Å². The Morgan fingerprint density at radius 2 is 1.11 bits per heavy atom. The van der Waals surface area contributed by atoms with Crippen LogP contribution in [-0.2, 0) is 9.53 Å². The molecule has 0 spiro atoms. The van der Waals surface area contributed by atoms with Crippen molar-refractivity contribution in [1.82, 2.24) is 0 Å². The molecule has 0 bridgehead atoms. The van der Waals surface area contributed by atoms with Gasteiger partial charge in [0.15, 0.2) is 0 Å². The summed E-state index contributed by atoms with van der Waals surface area (Å²) >= 11 is 0. The van der Waals surface area contributed by atoms with E-state index >= 15 is 0 Å². The van der Waals surface area contributed by atoms with Gasteiger partial charge in [-0.15, -0.1) is 0 Å². The largest absolute Gasteiger partial charge is 0.463 e. The summed E-state index contributed by atoms with van der Waals surface area (Å²) in [6, 6.07) is 0. The predicted molar refractivity (Wildman–Crippen MR) is 126 cm³/mol. The summed E-state index contributed by atoms with van der Waals surface area (Å²) in [6.07, 6.45) is 19.4. The van der Waals surface area contributed by atoms with Crippen molar-refractivity contribution < 1.29 is 9.53 Å². The Balaban J connectivity index is 0. The van der Waals surface area contributed by atoms with Crippen LogP contribution in [0.2, 0.25) is 0 Å². The minimum atomic E-state index is -0.0329. The molecular formula is C26H54O2. The van der Waals surface area contributed by atoms with Crippen LogP contribution in [0.4, 0.5) is 0 Å². The Kier molecular flexibility index (Phi) is 24.1. The zero-order chi connectivity index (χ0) is 21.6. The number of rotatable bonds is 18. The molecule has 1 atom stereocenters. The van der Waals surface area contributed by atoms with Crippen molar-refractivity contribution in [2.24, 2.45) is 11.8 Å². The monoisotopic (exact) mass is 398 g/mol. The lowest BCUT2D eigenvalue weighted by atomic mass is 9.85. The Hall–Kier alpha value is -0.530. The zero-order valence-electron chi connectivity index (χ0n) is 20.7. The second-order valence-electron chi connectivity index (χ2n) is 8.76. The molecule has 0 aromatic rings. The smallest absolute Gasteiger partial charge is 0.306 e. The van der Waals surface area contributed by atoms with E-state index in [1.807, 2.05) is 27.7 Å². The number of hydrogen-bond acceptors (Lipinski definition) is 2. The number of carbonyl (C=O) groups is 1. The summed E-state index contributed by atoms with van der Waals surface area (Å²) in [4.78, 5) is 11.5. The van der Waals surface area contributed by atoms with Crippen molar-refractivity contribution in [2.75, 3.05) is 0 Å². The van der Waals surface area contributed by atoms with E-state index in [1.165, 1.54) is 83.5 Å². The van der Waals surface area contributed by atoms with E-state index in [-0.39, 0.29) is 12.1 Å². The lowest BCUT2D eigenvalue weighted by Gasteiger charge is -2.20. The van der Waals surface area contributed by atoms with Crippen molar-refractivity contribution >= 4 is 5.97 Å². The molecule has 0 aliphatic rings. The van der Waals surface area contributed by atoms with E-state index in [1.54, 1.807) is 0 Å². The highest BCUT2D eigenvalue weighted by Gasteiger charge is 2.12. The van der Waals surface area contributed by atoms with E-state index in [4.69, 9.17) is 4.74 Å². The molecule has 0 aliphatic heterocycles. The van der Waals surface area contributed by atoms with Crippen LogP contribution in [0.25, 0.3) is 0 Å². The summed E-state index contributed by atoms with van der Waals surface area (Å²) in [5.41, 5.74) is 0. The summed E-state index contributed by atoms with van der Waals surface area (Å²) in [5, 5.41) is 0. The van der Waals surface area contributed by atoms with Gasteiger partial charge >= 0.3 is 5.97 Å². The fraction of sp³-hybridized carbons (Fsp3) is 0.962. The quantitative estimate of drug-likeness (QED) is 0.170. The van der Waals surface area contributed by atoms with E-state index in [9.17, 15) is 4.79 Å². The van der Waals surface area contributed by atoms with E-state index in [0.29, 0.717) is 6.42 Å². The first-order valence-corrected chi connectivity index (χ1v) is 12.7. The topological polar surface area (TPSA) is 26.3 Å². The van der Waals surface area contributed by atoms with Gasteiger partial charge < -0.3 is 4.74 Å². The van der Waals surface area contributed by atoms with Crippen LogP contribution in [0, 0.1) is 11.8 Å². The Morgan fingerprint density at radius 1 is 0.679 bits per heavy atom. The number of ether oxygens (including phenoxy) is 1. The molecule has 2 nitrogen and oxygen atoms in total. The van der Waals surface area contributed by atoms with Gasteiger partial charge in [0.25, 0.3) is 0 Å². The SMILES string of the molecule is CC.CCCCCCCCC(CCCCCCCCC(=O)OC(C)C)C(C)C. The summed E-state index contributed by atoms with van der Waals surface area (Å²) in [5.74, 6) is 1.72. The normalized spacial score (nSPS) is 12.0. The van der Waals surface area contributed by atoms with Gasteiger partial charge in [-0.3, -0.25) is 4.79 Å². The molecule has 2 heteroatoms. The van der Waals surface area contributed by atoms with Gasteiger partial charge in [0, 0.05) is 6.42 Å². The summed E-state index contributed by atoms with van der Waals surface area (Å²) in [7, 11) is 0. The number of hydrogen-bond donors (Lipinski definition) is 0. The van der Waals surface area contributed by atoms with Crippen LogP contribution < -0.4 is 0 Å². The second kappa shape index (κ2) is 22.8. The molecule has 0 N–H and O–H groups in total. The Labute approximate surface area is 178 Å². The van der Waals surface area contributed by atoms with Crippen LogP contribution in [0.5, 0.6) is 0 Å². The lowest BCUT2D eigenvalue weighted by Crippen LogP contribution is -2.10. The predicted octanol–water partition coefficient (Wildman–Crippen LogP) is 9.11. The van der Waals surface area contributed by atoms with Gasteiger partial charge in [-0.2, -0.15) is 0 Å². The average molecular weight is 399 g/mol.